The summed E-state index contributed by atoms with van der Waals surface area (Å²) in [6.07, 6.45) is 0. The summed E-state index contributed by atoms with van der Waals surface area (Å²) < 4.78 is 0. The van der Waals surface area contributed by atoms with Crippen molar-refractivity contribution in [2.45, 2.75) is 19.9 Å². The van der Waals surface area contributed by atoms with Gasteiger partial charge in [-0.1, -0.05) is 48.5 Å². The number of amides is 1. The second-order valence-corrected chi connectivity index (χ2v) is 8.72. The zero-order chi connectivity index (χ0) is 21.5. The summed E-state index contributed by atoms with van der Waals surface area (Å²) in [4.78, 5) is 30.5. The minimum Gasteiger partial charge on any atom is -0.324 e. The number of hydrogen-bond donors (Lipinski definition) is 1. The molecule has 158 valence electrons. The molecule has 5 rings (SSSR count). The maximum Gasteiger partial charge on any atom is 0.238 e. The van der Waals surface area contributed by atoms with E-state index in [9.17, 15) is 9.59 Å². The average Bonchev–Trinajstić information content (AvgIpc) is 2.78. The average molecular weight is 414 g/mol. The molecule has 1 amide bonds. The van der Waals surface area contributed by atoms with E-state index in [-0.39, 0.29) is 11.7 Å². The van der Waals surface area contributed by atoms with E-state index < -0.39 is 0 Å². The normalized spacial score (nSPS) is 16.5. The molecule has 0 spiro atoms. The first kappa shape index (κ1) is 19.9. The molecule has 1 fully saturated rings. The van der Waals surface area contributed by atoms with Crippen molar-refractivity contribution in [3.05, 3.63) is 65.7 Å². The first-order valence-corrected chi connectivity index (χ1v) is 11.0. The number of ketones is 1. The SMILES string of the molecule is CC(C)N1CCN(CC(=O)Nc2ccc3c4c(cccc24)C(=O)c2ccccc2-3)CC1. The molecule has 5 nitrogen and oxygen atoms in total. The predicted octanol–water partition coefficient (Wildman–Crippen LogP) is 4.02. The lowest BCUT2D eigenvalue weighted by atomic mass is 9.82. The van der Waals surface area contributed by atoms with Crippen LogP contribution >= 0.6 is 0 Å². The fourth-order valence-electron chi connectivity index (χ4n) is 4.82. The van der Waals surface area contributed by atoms with Crippen LogP contribution in [-0.2, 0) is 4.79 Å². The zero-order valence-electron chi connectivity index (χ0n) is 18.0. The minimum atomic E-state index is -0.0127. The van der Waals surface area contributed by atoms with Crippen molar-refractivity contribution >= 4 is 28.2 Å². The van der Waals surface area contributed by atoms with Crippen LogP contribution in [-0.4, -0.2) is 60.3 Å². The molecule has 3 aromatic rings. The molecule has 0 saturated carbocycles. The van der Waals surface area contributed by atoms with Gasteiger partial charge in [0.2, 0.25) is 5.91 Å². The van der Waals surface area contributed by atoms with Crippen LogP contribution in [0.2, 0.25) is 0 Å². The molecule has 0 radical (unpaired) electrons. The highest BCUT2D eigenvalue weighted by Gasteiger charge is 2.26. The molecule has 0 aromatic heterocycles. The largest absolute Gasteiger partial charge is 0.324 e. The van der Waals surface area contributed by atoms with E-state index >= 15 is 0 Å². The Bertz CT molecular complexity index is 1180. The van der Waals surface area contributed by atoms with Gasteiger partial charge in [-0.25, -0.2) is 0 Å². The summed E-state index contributed by atoms with van der Waals surface area (Å²) in [5, 5.41) is 4.94. The minimum absolute atomic E-state index is 0.0127. The lowest BCUT2D eigenvalue weighted by molar-refractivity contribution is -0.117. The van der Waals surface area contributed by atoms with E-state index in [0.29, 0.717) is 18.2 Å². The van der Waals surface area contributed by atoms with Gasteiger partial charge in [-0.05, 0) is 31.0 Å². The Balaban J connectivity index is 1.41. The highest BCUT2D eigenvalue weighted by atomic mass is 16.2. The fraction of sp³-hybridized carbons (Fsp3) is 0.308. The van der Waals surface area contributed by atoms with Gasteiger partial charge in [0.25, 0.3) is 0 Å². The summed E-state index contributed by atoms with van der Waals surface area (Å²) >= 11 is 0. The second kappa shape index (κ2) is 7.91. The van der Waals surface area contributed by atoms with Crippen molar-refractivity contribution in [1.82, 2.24) is 9.80 Å². The Morgan fingerprint density at radius 1 is 0.871 bits per heavy atom. The third kappa shape index (κ3) is 3.54. The van der Waals surface area contributed by atoms with Crippen LogP contribution in [0.15, 0.2) is 54.6 Å². The number of carbonyl (C=O) groups is 2. The van der Waals surface area contributed by atoms with Crippen LogP contribution in [0.4, 0.5) is 5.69 Å². The van der Waals surface area contributed by atoms with Crippen LogP contribution in [0.5, 0.6) is 0 Å². The molecule has 1 aliphatic heterocycles. The molecule has 31 heavy (non-hydrogen) atoms. The van der Waals surface area contributed by atoms with Gasteiger partial charge in [0.05, 0.1) is 6.54 Å². The maximum atomic E-state index is 13.1. The molecule has 2 aliphatic rings. The fourth-order valence-corrected chi connectivity index (χ4v) is 4.82. The number of rotatable bonds is 4. The van der Waals surface area contributed by atoms with E-state index in [2.05, 4.69) is 29.0 Å². The van der Waals surface area contributed by atoms with Crippen molar-refractivity contribution in [2.75, 3.05) is 38.0 Å². The zero-order valence-corrected chi connectivity index (χ0v) is 18.0. The molecule has 1 aliphatic carbocycles. The first-order valence-electron chi connectivity index (χ1n) is 11.0. The molecular weight excluding hydrogens is 386 g/mol. The summed E-state index contributed by atoms with van der Waals surface area (Å²) in [7, 11) is 0. The van der Waals surface area contributed by atoms with Gasteiger partial charge in [0.15, 0.2) is 5.78 Å². The van der Waals surface area contributed by atoms with Crippen molar-refractivity contribution in [2.24, 2.45) is 0 Å². The van der Waals surface area contributed by atoms with Crippen LogP contribution in [0, 0.1) is 0 Å². The Labute approximate surface area is 182 Å². The van der Waals surface area contributed by atoms with E-state index in [1.54, 1.807) is 0 Å². The summed E-state index contributed by atoms with van der Waals surface area (Å²) in [6.45, 7) is 8.60. The highest BCUT2D eigenvalue weighted by molar-refractivity contribution is 6.27. The van der Waals surface area contributed by atoms with Gasteiger partial charge in [-0.15, -0.1) is 0 Å². The molecule has 3 aromatic carbocycles. The molecular formula is C26H27N3O2. The molecule has 5 heteroatoms. The number of fused-ring (bicyclic) bond motifs is 2. The van der Waals surface area contributed by atoms with Crippen molar-refractivity contribution < 1.29 is 9.59 Å². The summed E-state index contributed by atoms with van der Waals surface area (Å²) in [5.74, 6) is 0.0291. The number of benzene rings is 3. The Morgan fingerprint density at radius 2 is 1.58 bits per heavy atom. The summed E-state index contributed by atoms with van der Waals surface area (Å²) in [5.41, 5.74) is 4.20. The monoisotopic (exact) mass is 413 g/mol. The Hall–Kier alpha value is -3.02. The number of carbonyl (C=O) groups excluding carboxylic acids is 2. The van der Waals surface area contributed by atoms with Crippen LogP contribution < -0.4 is 5.32 Å². The molecule has 1 heterocycles. The van der Waals surface area contributed by atoms with Gasteiger partial charge in [-0.3, -0.25) is 19.4 Å². The Morgan fingerprint density at radius 3 is 2.32 bits per heavy atom. The second-order valence-electron chi connectivity index (χ2n) is 8.72. The van der Waals surface area contributed by atoms with E-state index in [0.717, 1.165) is 59.3 Å². The maximum absolute atomic E-state index is 13.1. The van der Waals surface area contributed by atoms with Crippen LogP contribution in [0.25, 0.3) is 21.9 Å². The van der Waals surface area contributed by atoms with Crippen LogP contribution in [0.3, 0.4) is 0 Å². The van der Waals surface area contributed by atoms with Gasteiger partial charge in [-0.2, -0.15) is 0 Å². The third-order valence-corrected chi connectivity index (χ3v) is 6.53. The third-order valence-electron chi connectivity index (χ3n) is 6.53. The molecule has 1 saturated heterocycles. The number of nitrogens with one attached hydrogen (secondary N) is 1. The quantitative estimate of drug-likeness (QED) is 0.549. The van der Waals surface area contributed by atoms with Crippen molar-refractivity contribution in [1.29, 1.82) is 0 Å². The number of hydrogen-bond acceptors (Lipinski definition) is 4. The van der Waals surface area contributed by atoms with Crippen molar-refractivity contribution in [3.63, 3.8) is 0 Å². The van der Waals surface area contributed by atoms with Gasteiger partial charge in [0, 0.05) is 59.8 Å². The van der Waals surface area contributed by atoms with Gasteiger partial charge >= 0.3 is 0 Å². The van der Waals surface area contributed by atoms with Gasteiger partial charge < -0.3 is 5.32 Å². The van der Waals surface area contributed by atoms with Crippen LogP contribution in [0.1, 0.15) is 29.8 Å². The van der Waals surface area contributed by atoms with Gasteiger partial charge in [0.1, 0.15) is 0 Å². The Kier molecular flexibility index (Phi) is 5.08. The molecule has 0 unspecified atom stereocenters. The number of piperazine rings is 1. The molecule has 0 atom stereocenters. The standard InChI is InChI=1S/C26H27N3O2/c1-17(2)29-14-12-28(13-15-29)16-24(30)27-23-11-10-19-18-6-3-4-7-20(18)26(31)22-9-5-8-21(23)25(19)22/h3-11,17H,12-16H2,1-2H3,(H,27,30). The lowest BCUT2D eigenvalue weighted by Crippen LogP contribution is -2.50. The smallest absolute Gasteiger partial charge is 0.238 e. The van der Waals surface area contributed by atoms with E-state index in [1.807, 2.05) is 54.6 Å². The molecule has 1 N–H and O–H groups in total. The number of anilines is 1. The highest BCUT2D eigenvalue weighted by Crippen LogP contribution is 2.41. The van der Waals surface area contributed by atoms with Crippen molar-refractivity contribution in [3.8, 4) is 11.1 Å². The van der Waals surface area contributed by atoms with E-state index in [1.165, 1.54) is 0 Å². The lowest BCUT2D eigenvalue weighted by Gasteiger charge is -2.36. The molecule has 0 bridgehead atoms. The topological polar surface area (TPSA) is 52.6 Å². The van der Waals surface area contributed by atoms with E-state index in [4.69, 9.17) is 0 Å². The predicted molar refractivity (Wildman–Crippen MR) is 125 cm³/mol. The number of nitrogens with zero attached hydrogens (tertiary/aromatic N) is 2. The first-order chi connectivity index (χ1) is 15.0. The summed E-state index contributed by atoms with van der Waals surface area (Å²) in [6, 6.07) is 18.0.